The van der Waals surface area contributed by atoms with E-state index in [1.807, 2.05) is 0 Å². The van der Waals surface area contributed by atoms with Crippen molar-refractivity contribution in [3.63, 3.8) is 0 Å². The molecule has 0 radical (unpaired) electrons. The number of aliphatic hydroxyl groups excluding tert-OH is 2. The molecule has 2 atom stereocenters. The summed E-state index contributed by atoms with van der Waals surface area (Å²) in [6.07, 6.45) is -6.90. The number of aliphatic hydroxyl groups is 2. The van der Waals surface area contributed by atoms with Crippen LogP contribution >= 0.6 is 0 Å². The summed E-state index contributed by atoms with van der Waals surface area (Å²) in [5.41, 5.74) is 0.293. The van der Waals surface area contributed by atoms with Gasteiger partial charge in [0.25, 0.3) is 0 Å². The Morgan fingerprint density at radius 3 is 2.05 bits per heavy atom. The number of hydrogen-bond acceptors (Lipinski definition) is 2. The summed E-state index contributed by atoms with van der Waals surface area (Å²) in [6.45, 7) is 1.48. The summed E-state index contributed by atoms with van der Waals surface area (Å²) in [7, 11) is 0. The summed E-state index contributed by atoms with van der Waals surface area (Å²) in [6, 6.07) is 11.6. The van der Waals surface area contributed by atoms with E-state index in [2.05, 4.69) is 0 Å². The van der Waals surface area contributed by atoms with E-state index in [4.69, 9.17) is 0 Å². The lowest BCUT2D eigenvalue weighted by molar-refractivity contribution is -0.137. The van der Waals surface area contributed by atoms with Gasteiger partial charge in [0.15, 0.2) is 0 Å². The molecular weight excluding hydrogens is 281 g/mol. The molecule has 2 nitrogen and oxygen atoms in total. The van der Waals surface area contributed by atoms with Crippen molar-refractivity contribution in [3.05, 3.63) is 70.8 Å². The number of rotatable bonds is 3. The molecule has 0 heterocycles. The second-order valence-electron chi connectivity index (χ2n) is 4.87. The highest BCUT2D eigenvalue weighted by Gasteiger charge is 2.31. The molecule has 2 rings (SSSR count). The minimum Gasteiger partial charge on any atom is -0.385 e. The van der Waals surface area contributed by atoms with Gasteiger partial charge in [0.2, 0.25) is 0 Å². The standard InChI is InChI=1S/C16H15F3O2/c1-10-9-12(16(17,18)19)7-8-13(10)15(21)14(20)11-5-3-2-4-6-11/h2-9,14-15,20-21H,1H3. The van der Waals surface area contributed by atoms with Crippen LogP contribution in [-0.4, -0.2) is 10.2 Å². The van der Waals surface area contributed by atoms with E-state index in [-0.39, 0.29) is 11.1 Å². The Labute approximate surface area is 120 Å². The second kappa shape index (κ2) is 5.87. The zero-order chi connectivity index (χ0) is 15.6. The highest BCUT2D eigenvalue weighted by Crippen LogP contribution is 2.34. The molecule has 2 unspecified atom stereocenters. The molecule has 5 heteroatoms. The van der Waals surface area contributed by atoms with Gasteiger partial charge in [0.05, 0.1) is 5.56 Å². The lowest BCUT2D eigenvalue weighted by Crippen LogP contribution is -2.13. The van der Waals surface area contributed by atoms with Crippen molar-refractivity contribution in [1.82, 2.24) is 0 Å². The van der Waals surface area contributed by atoms with Crippen LogP contribution in [0.3, 0.4) is 0 Å². The molecule has 112 valence electrons. The van der Waals surface area contributed by atoms with Gasteiger partial charge >= 0.3 is 6.18 Å². The quantitative estimate of drug-likeness (QED) is 0.905. The van der Waals surface area contributed by atoms with E-state index in [0.29, 0.717) is 5.56 Å². The maximum Gasteiger partial charge on any atom is 0.416 e. The van der Waals surface area contributed by atoms with Gasteiger partial charge in [0.1, 0.15) is 12.2 Å². The molecule has 2 aromatic rings. The molecular formula is C16H15F3O2. The van der Waals surface area contributed by atoms with Crippen molar-refractivity contribution in [1.29, 1.82) is 0 Å². The minimum absolute atomic E-state index is 0.277. The van der Waals surface area contributed by atoms with E-state index >= 15 is 0 Å². The summed E-state index contributed by atoms with van der Waals surface area (Å²) in [4.78, 5) is 0. The van der Waals surface area contributed by atoms with Gasteiger partial charge in [-0.05, 0) is 35.7 Å². The molecule has 0 aliphatic rings. The molecule has 0 saturated carbocycles. The molecule has 0 aromatic heterocycles. The molecule has 2 aromatic carbocycles. The van der Waals surface area contributed by atoms with Crippen LogP contribution in [0.15, 0.2) is 48.5 Å². The first-order valence-electron chi connectivity index (χ1n) is 6.39. The van der Waals surface area contributed by atoms with E-state index in [1.165, 1.54) is 13.0 Å². The maximum absolute atomic E-state index is 12.6. The lowest BCUT2D eigenvalue weighted by Gasteiger charge is -2.21. The third-order valence-corrected chi connectivity index (χ3v) is 3.36. The molecule has 0 amide bonds. The molecule has 21 heavy (non-hydrogen) atoms. The van der Waals surface area contributed by atoms with Crippen LogP contribution in [0, 0.1) is 6.92 Å². The molecule has 0 saturated heterocycles. The van der Waals surface area contributed by atoms with Crippen LogP contribution in [0.25, 0.3) is 0 Å². The Morgan fingerprint density at radius 2 is 1.52 bits per heavy atom. The number of benzene rings is 2. The summed E-state index contributed by atoms with van der Waals surface area (Å²) in [5, 5.41) is 20.3. The van der Waals surface area contributed by atoms with Crippen molar-refractivity contribution in [3.8, 4) is 0 Å². The second-order valence-corrected chi connectivity index (χ2v) is 4.87. The van der Waals surface area contributed by atoms with Gasteiger partial charge < -0.3 is 10.2 Å². The minimum atomic E-state index is -4.42. The molecule has 2 N–H and O–H groups in total. The molecule has 0 fully saturated rings. The van der Waals surface area contributed by atoms with Crippen molar-refractivity contribution in [2.45, 2.75) is 25.3 Å². The van der Waals surface area contributed by atoms with Crippen molar-refractivity contribution >= 4 is 0 Å². The molecule has 0 aliphatic carbocycles. The number of aryl methyl sites for hydroxylation is 1. The highest BCUT2D eigenvalue weighted by atomic mass is 19.4. The fourth-order valence-corrected chi connectivity index (χ4v) is 2.19. The van der Waals surface area contributed by atoms with E-state index in [9.17, 15) is 23.4 Å². The van der Waals surface area contributed by atoms with Crippen molar-refractivity contribution < 1.29 is 23.4 Å². The van der Waals surface area contributed by atoms with Gasteiger partial charge in [-0.1, -0.05) is 36.4 Å². The first-order chi connectivity index (χ1) is 9.80. The predicted molar refractivity (Wildman–Crippen MR) is 72.5 cm³/mol. The average molecular weight is 296 g/mol. The zero-order valence-electron chi connectivity index (χ0n) is 11.3. The largest absolute Gasteiger partial charge is 0.416 e. The Hall–Kier alpha value is -1.85. The van der Waals surface area contributed by atoms with E-state index in [1.54, 1.807) is 30.3 Å². The monoisotopic (exact) mass is 296 g/mol. The highest BCUT2D eigenvalue weighted by molar-refractivity contribution is 5.35. The summed E-state index contributed by atoms with van der Waals surface area (Å²) >= 11 is 0. The van der Waals surface area contributed by atoms with Gasteiger partial charge in [0, 0.05) is 0 Å². The van der Waals surface area contributed by atoms with Crippen LogP contribution in [0.2, 0.25) is 0 Å². The Bertz CT molecular complexity index is 609. The molecule has 0 aliphatic heterocycles. The van der Waals surface area contributed by atoms with Gasteiger partial charge in [-0.2, -0.15) is 13.2 Å². The Kier molecular flexibility index (Phi) is 4.34. The van der Waals surface area contributed by atoms with Gasteiger partial charge in [-0.15, -0.1) is 0 Å². The predicted octanol–water partition coefficient (Wildman–Crippen LogP) is 3.78. The average Bonchev–Trinajstić information content (AvgIpc) is 2.45. The lowest BCUT2D eigenvalue weighted by atomic mass is 9.94. The smallest absolute Gasteiger partial charge is 0.385 e. The van der Waals surface area contributed by atoms with Crippen LogP contribution in [0.5, 0.6) is 0 Å². The summed E-state index contributed by atoms with van der Waals surface area (Å²) < 4.78 is 37.8. The number of hydrogen-bond donors (Lipinski definition) is 2. The number of halogens is 3. The maximum atomic E-state index is 12.6. The topological polar surface area (TPSA) is 40.5 Å². The van der Waals surface area contributed by atoms with Crippen molar-refractivity contribution in [2.24, 2.45) is 0 Å². The van der Waals surface area contributed by atoms with Crippen LogP contribution in [0.1, 0.15) is 34.5 Å². The van der Waals surface area contributed by atoms with Crippen LogP contribution in [-0.2, 0) is 6.18 Å². The third kappa shape index (κ3) is 3.43. The van der Waals surface area contributed by atoms with Crippen molar-refractivity contribution in [2.75, 3.05) is 0 Å². The van der Waals surface area contributed by atoms with Gasteiger partial charge in [-0.3, -0.25) is 0 Å². The summed E-state index contributed by atoms with van der Waals surface area (Å²) in [5.74, 6) is 0. The first kappa shape index (κ1) is 15.5. The first-order valence-corrected chi connectivity index (χ1v) is 6.39. The van der Waals surface area contributed by atoms with Crippen LogP contribution < -0.4 is 0 Å². The van der Waals surface area contributed by atoms with Gasteiger partial charge in [-0.25, -0.2) is 0 Å². The Morgan fingerprint density at radius 1 is 0.905 bits per heavy atom. The Balaban J connectivity index is 2.30. The third-order valence-electron chi connectivity index (χ3n) is 3.36. The van der Waals surface area contributed by atoms with E-state index < -0.39 is 23.9 Å². The SMILES string of the molecule is Cc1cc(C(F)(F)F)ccc1C(O)C(O)c1ccccc1. The zero-order valence-corrected chi connectivity index (χ0v) is 11.3. The number of alkyl halides is 3. The normalized spacial score (nSPS) is 14.8. The molecule has 0 spiro atoms. The fraction of sp³-hybridized carbons (Fsp3) is 0.250. The van der Waals surface area contributed by atoms with E-state index in [0.717, 1.165) is 12.1 Å². The molecule has 0 bridgehead atoms. The van der Waals surface area contributed by atoms with Crippen LogP contribution in [0.4, 0.5) is 13.2 Å². The fourth-order valence-electron chi connectivity index (χ4n) is 2.19.